The minimum Gasteiger partial charge on any atom is -0.304 e. The SMILES string of the molecule is CC(C)(C)c1ccc(-c2cc(-c3ccc(C(C)(C)C)cc3)cc(-c3cc[c-]c(-c4ccc(-c5nc(-c6ccc(C(C)(C)C)cc6)nc(-c6ccc(C(C)(C)C)cc6)n5)cn4)c3)c2)cc1.CC(C)(C)c1ccc(-c2nc(-c3ccc(C(C)(C)C)cc3)nc(-c3cc[c-]c(-c4nccc5ccccc45)c3)n2)cc1.[Ir]. The van der Waals surface area contributed by atoms with E-state index < -0.39 is 0 Å². The molecule has 0 N–H and O–H groups in total. The van der Waals surface area contributed by atoms with Crippen molar-refractivity contribution in [1.29, 1.82) is 0 Å². The molecule has 0 aliphatic heterocycles. The molecule has 0 bridgehead atoms. The fourth-order valence-corrected chi connectivity index (χ4v) is 13.0. The van der Waals surface area contributed by atoms with Gasteiger partial charge in [-0.3, -0.25) is 0 Å². The fourth-order valence-electron chi connectivity index (χ4n) is 13.0. The Morgan fingerprint density at radius 2 is 0.542 bits per heavy atom. The van der Waals surface area contributed by atoms with Crippen LogP contribution in [0.1, 0.15) is 158 Å². The Morgan fingerprint density at radius 1 is 0.243 bits per heavy atom. The molecular formula is C98H96IrN8-2. The number of aromatic nitrogens is 8. The summed E-state index contributed by atoms with van der Waals surface area (Å²) in [4.78, 5) is 39.7. The minimum atomic E-state index is 0. The van der Waals surface area contributed by atoms with Crippen LogP contribution < -0.4 is 0 Å². The van der Waals surface area contributed by atoms with Crippen LogP contribution in [-0.2, 0) is 52.6 Å². The molecule has 0 unspecified atom stereocenters. The summed E-state index contributed by atoms with van der Waals surface area (Å²) in [5, 5.41) is 2.23. The molecule has 0 saturated heterocycles. The molecule has 0 atom stereocenters. The predicted octanol–water partition coefficient (Wildman–Crippen LogP) is 25.4. The summed E-state index contributed by atoms with van der Waals surface area (Å²) >= 11 is 0. The normalized spacial score (nSPS) is 12.1. The van der Waals surface area contributed by atoms with Crippen molar-refractivity contribution in [2.24, 2.45) is 0 Å². The van der Waals surface area contributed by atoms with Crippen molar-refractivity contribution in [2.75, 3.05) is 0 Å². The van der Waals surface area contributed by atoms with Crippen LogP contribution >= 0.6 is 0 Å². The monoisotopic (exact) mass is 1580 g/mol. The molecule has 4 aromatic heterocycles. The third-order valence-electron chi connectivity index (χ3n) is 19.8. The number of fused-ring (bicyclic) bond motifs is 1. The van der Waals surface area contributed by atoms with Gasteiger partial charge in [0.2, 0.25) is 0 Å². The Morgan fingerprint density at radius 3 is 0.897 bits per heavy atom. The number of benzene rings is 10. The fraction of sp³-hybridized carbons (Fsp3) is 0.245. The molecule has 0 aliphatic rings. The maximum Gasteiger partial charge on any atom is 0.165 e. The Bertz CT molecular complexity index is 5220. The van der Waals surface area contributed by atoms with Crippen molar-refractivity contribution < 1.29 is 20.1 Å². The molecular weight excluding hydrogens is 1480 g/mol. The molecule has 0 amide bonds. The van der Waals surface area contributed by atoms with Crippen LogP contribution in [0.4, 0.5) is 0 Å². The Kier molecular flexibility index (Phi) is 21.6. The van der Waals surface area contributed by atoms with Crippen LogP contribution in [0.3, 0.4) is 0 Å². The first-order valence-corrected chi connectivity index (χ1v) is 36.9. The predicted molar refractivity (Wildman–Crippen MR) is 442 cm³/mol. The second-order valence-corrected chi connectivity index (χ2v) is 34.2. The van der Waals surface area contributed by atoms with Crippen molar-refractivity contribution >= 4 is 10.8 Å². The smallest absolute Gasteiger partial charge is 0.165 e. The Labute approximate surface area is 648 Å². The van der Waals surface area contributed by atoms with Crippen molar-refractivity contribution in [2.45, 2.75) is 157 Å². The third-order valence-corrected chi connectivity index (χ3v) is 19.8. The van der Waals surface area contributed by atoms with Crippen molar-refractivity contribution in [3.63, 3.8) is 0 Å². The van der Waals surface area contributed by atoms with Crippen LogP contribution in [0.5, 0.6) is 0 Å². The van der Waals surface area contributed by atoms with Gasteiger partial charge in [0, 0.05) is 60.3 Å². The summed E-state index contributed by atoms with van der Waals surface area (Å²) in [6, 6.07) is 92.8. The van der Waals surface area contributed by atoms with Gasteiger partial charge >= 0.3 is 0 Å². The van der Waals surface area contributed by atoms with Gasteiger partial charge in [-0.25, -0.2) is 29.9 Å². The van der Waals surface area contributed by atoms with Crippen molar-refractivity contribution in [1.82, 2.24) is 39.9 Å². The van der Waals surface area contributed by atoms with E-state index in [-0.39, 0.29) is 52.6 Å². The van der Waals surface area contributed by atoms with Gasteiger partial charge in [-0.05, 0) is 140 Å². The summed E-state index contributed by atoms with van der Waals surface area (Å²) in [5.41, 5.74) is 24.1. The maximum absolute atomic E-state index is 5.03. The molecule has 0 spiro atoms. The molecule has 9 heteroatoms. The standard InChI is InChI=1S/C60H61N4.C38H35N4.Ir/c1-57(2,3)49-25-16-39(17-26-49)46-35-47(40-18-27-50(28-19-40)58(4,5)6)37-48(36-46)43-14-13-15-44(34-43)53-33-24-45(38-61-53)56-63-54(41-20-29-51(30-21-41)59(7,8)9)62-55(64-56)42-22-31-52(32-23-42)60(10,11)12;1-37(2,3)30-18-14-26(15-19-30)34-40-35(27-16-20-31(21-17-27)38(4,5)6)42-36(41-34)29-12-9-11-28(24-29)33-32-13-8-7-10-25(32)22-23-39-33;/h13-14,16-38H,1-12H3;7-10,12-24H,1-6H3;/q2*-1;. The van der Waals surface area contributed by atoms with Gasteiger partial charge < -0.3 is 9.97 Å². The Hall–Kier alpha value is -10.6. The summed E-state index contributed by atoms with van der Waals surface area (Å²) < 4.78 is 0. The zero-order chi connectivity index (χ0) is 75.1. The quantitative estimate of drug-likeness (QED) is 0.118. The van der Waals surface area contributed by atoms with Crippen molar-refractivity contribution in [3.05, 3.63) is 301 Å². The molecule has 107 heavy (non-hydrogen) atoms. The van der Waals surface area contributed by atoms with E-state index in [0.29, 0.717) is 34.9 Å². The molecule has 539 valence electrons. The van der Waals surface area contributed by atoms with Crippen LogP contribution in [-0.4, -0.2) is 39.9 Å². The van der Waals surface area contributed by atoms with Gasteiger partial charge in [0.25, 0.3) is 0 Å². The first-order valence-electron chi connectivity index (χ1n) is 36.9. The zero-order valence-corrected chi connectivity index (χ0v) is 67.6. The molecule has 8 nitrogen and oxygen atoms in total. The first-order chi connectivity index (χ1) is 50.2. The minimum absolute atomic E-state index is 0. The molecule has 0 saturated carbocycles. The second kappa shape index (κ2) is 30.4. The van der Waals surface area contributed by atoms with Gasteiger partial charge in [0.05, 0.1) is 0 Å². The van der Waals surface area contributed by atoms with Gasteiger partial charge in [-0.2, -0.15) is 0 Å². The first kappa shape index (κ1) is 76.1. The zero-order valence-electron chi connectivity index (χ0n) is 65.2. The van der Waals surface area contributed by atoms with E-state index in [9.17, 15) is 0 Å². The van der Waals surface area contributed by atoms with Crippen LogP contribution in [0.25, 0.3) is 135 Å². The number of hydrogen-bond donors (Lipinski definition) is 0. The van der Waals surface area contributed by atoms with Crippen LogP contribution in [0, 0.1) is 12.1 Å². The summed E-state index contributed by atoms with van der Waals surface area (Å²) in [7, 11) is 0. The van der Waals surface area contributed by atoms with E-state index in [1.165, 1.54) is 55.6 Å². The molecule has 14 rings (SSSR count). The van der Waals surface area contributed by atoms with Crippen LogP contribution in [0.15, 0.2) is 255 Å². The van der Waals surface area contributed by atoms with Gasteiger partial charge in [-0.15, -0.1) is 65.2 Å². The van der Waals surface area contributed by atoms with E-state index in [0.717, 1.165) is 77.8 Å². The molecule has 10 aromatic carbocycles. The molecule has 14 aromatic rings. The van der Waals surface area contributed by atoms with E-state index in [4.69, 9.17) is 39.9 Å². The van der Waals surface area contributed by atoms with E-state index >= 15 is 0 Å². The number of rotatable bonds is 11. The topological polar surface area (TPSA) is 103 Å². The summed E-state index contributed by atoms with van der Waals surface area (Å²) in [5.74, 6) is 3.74. The largest absolute Gasteiger partial charge is 0.304 e. The van der Waals surface area contributed by atoms with E-state index in [2.05, 4.69) is 337 Å². The summed E-state index contributed by atoms with van der Waals surface area (Å²) in [6.07, 6.45) is 3.71. The van der Waals surface area contributed by atoms with Gasteiger partial charge in [-0.1, -0.05) is 312 Å². The summed E-state index contributed by atoms with van der Waals surface area (Å²) in [6.45, 7) is 40.2. The van der Waals surface area contributed by atoms with Gasteiger partial charge in [0.1, 0.15) is 5.82 Å². The maximum atomic E-state index is 5.03. The van der Waals surface area contributed by atoms with Gasteiger partial charge in [0.15, 0.2) is 29.1 Å². The molecule has 1 radical (unpaired) electrons. The number of hydrogen-bond acceptors (Lipinski definition) is 8. The number of pyridine rings is 2. The van der Waals surface area contributed by atoms with E-state index in [1.807, 2.05) is 54.9 Å². The average molecular weight is 1580 g/mol. The number of nitrogens with zero attached hydrogens (tertiary/aromatic N) is 8. The third kappa shape index (κ3) is 17.8. The second-order valence-electron chi connectivity index (χ2n) is 34.2. The molecule has 4 heterocycles. The molecule has 0 fully saturated rings. The van der Waals surface area contributed by atoms with Crippen molar-refractivity contribution in [3.8, 4) is 124 Å². The van der Waals surface area contributed by atoms with E-state index in [1.54, 1.807) is 0 Å². The molecule has 0 aliphatic carbocycles. The van der Waals surface area contributed by atoms with Crippen LogP contribution in [0.2, 0.25) is 0 Å². The Balaban J connectivity index is 0.000000216. The average Bonchev–Trinajstić information content (AvgIpc) is 0.789.